The second kappa shape index (κ2) is 6.56. The van der Waals surface area contributed by atoms with Gasteiger partial charge >= 0.3 is 0 Å². The number of aliphatic hydroxyl groups is 1. The van der Waals surface area contributed by atoms with Crippen molar-refractivity contribution in [3.05, 3.63) is 35.4 Å². The number of aliphatic hydroxyl groups excluding tert-OH is 1. The molecule has 0 spiro atoms. The predicted octanol–water partition coefficient (Wildman–Crippen LogP) is 0.604. The van der Waals surface area contributed by atoms with Crippen molar-refractivity contribution in [3.8, 4) is 6.07 Å². The molecule has 0 aliphatic rings. The number of sulfonamides is 1. The Kier molecular flexibility index (Phi) is 5.35. The average molecular weight is 290 g/mol. The zero-order valence-electron chi connectivity index (χ0n) is 9.75. The highest BCUT2D eigenvalue weighted by Gasteiger charge is 2.20. The first-order chi connectivity index (χ1) is 8.84. The van der Waals surface area contributed by atoms with Crippen molar-refractivity contribution in [2.75, 3.05) is 6.54 Å². The van der Waals surface area contributed by atoms with E-state index in [4.69, 9.17) is 10.4 Å². The van der Waals surface area contributed by atoms with Crippen LogP contribution in [0.1, 0.15) is 11.1 Å². The molecule has 0 amide bonds. The van der Waals surface area contributed by atoms with Gasteiger partial charge < -0.3 is 5.11 Å². The lowest BCUT2D eigenvalue weighted by atomic mass is 10.2. The number of nitrogens with one attached hydrogen (secondary N) is 1. The second-order valence-electron chi connectivity index (χ2n) is 3.82. The number of rotatable bonds is 6. The number of hydrogen-bond acceptors (Lipinski definition) is 4. The van der Waals surface area contributed by atoms with Gasteiger partial charge in [-0.15, -0.1) is 0 Å². The summed E-state index contributed by atoms with van der Waals surface area (Å²) < 4.78 is 49.0. The smallest absolute Gasteiger partial charge is 0.265 e. The van der Waals surface area contributed by atoms with Gasteiger partial charge in [-0.25, -0.2) is 21.9 Å². The van der Waals surface area contributed by atoms with Gasteiger partial charge in [0.15, 0.2) is 0 Å². The monoisotopic (exact) mass is 290 g/mol. The summed E-state index contributed by atoms with van der Waals surface area (Å²) >= 11 is 0. The topological polar surface area (TPSA) is 90.2 Å². The molecule has 1 aromatic carbocycles. The van der Waals surface area contributed by atoms with Gasteiger partial charge in [0.2, 0.25) is 10.0 Å². The van der Waals surface area contributed by atoms with E-state index in [0.29, 0.717) is 11.1 Å². The van der Waals surface area contributed by atoms with E-state index < -0.39 is 34.9 Å². The van der Waals surface area contributed by atoms with Crippen LogP contribution in [-0.2, 0) is 15.8 Å². The maximum atomic E-state index is 12.0. The molecule has 0 aliphatic heterocycles. The molecule has 0 saturated heterocycles. The maximum Gasteiger partial charge on any atom is 0.265 e. The molecule has 0 bridgehead atoms. The van der Waals surface area contributed by atoms with Gasteiger partial charge in [0.25, 0.3) is 6.43 Å². The van der Waals surface area contributed by atoms with Crippen LogP contribution < -0.4 is 4.72 Å². The first-order valence-corrected chi connectivity index (χ1v) is 6.92. The second-order valence-corrected chi connectivity index (χ2v) is 5.62. The molecule has 0 saturated carbocycles. The standard InChI is InChI=1S/C11H12F2N2O3S/c12-11(13)10(16)6-15-19(17,18)7-9-3-1-8(5-14)2-4-9/h1-4,10-11,15-16H,6-7H2. The normalized spacial score (nSPS) is 13.2. The maximum absolute atomic E-state index is 12.0. The minimum atomic E-state index is -3.81. The van der Waals surface area contributed by atoms with Crippen LogP contribution in [0.4, 0.5) is 8.78 Å². The van der Waals surface area contributed by atoms with Crippen LogP contribution in [0.25, 0.3) is 0 Å². The van der Waals surface area contributed by atoms with Crippen LogP contribution in [0.15, 0.2) is 24.3 Å². The zero-order chi connectivity index (χ0) is 14.5. The Labute approximate surface area is 109 Å². The lowest BCUT2D eigenvalue weighted by Crippen LogP contribution is -2.36. The zero-order valence-corrected chi connectivity index (χ0v) is 10.6. The van der Waals surface area contributed by atoms with E-state index in [9.17, 15) is 17.2 Å². The van der Waals surface area contributed by atoms with E-state index in [-0.39, 0.29) is 0 Å². The fourth-order valence-corrected chi connectivity index (χ4v) is 2.41. The summed E-state index contributed by atoms with van der Waals surface area (Å²) in [5.74, 6) is -0.408. The molecular weight excluding hydrogens is 278 g/mol. The molecule has 0 fully saturated rings. The summed E-state index contributed by atoms with van der Waals surface area (Å²) in [7, 11) is -3.81. The Morgan fingerprint density at radius 3 is 2.37 bits per heavy atom. The number of nitrogens with zero attached hydrogens (tertiary/aromatic N) is 1. The molecule has 2 N–H and O–H groups in total. The van der Waals surface area contributed by atoms with Crippen molar-refractivity contribution >= 4 is 10.0 Å². The van der Waals surface area contributed by atoms with Crippen molar-refractivity contribution in [2.24, 2.45) is 0 Å². The molecular formula is C11H12F2N2O3S. The van der Waals surface area contributed by atoms with E-state index in [0.717, 1.165) is 0 Å². The molecule has 19 heavy (non-hydrogen) atoms. The third-order valence-electron chi connectivity index (χ3n) is 2.24. The van der Waals surface area contributed by atoms with Crippen LogP contribution >= 0.6 is 0 Å². The molecule has 5 nitrogen and oxygen atoms in total. The lowest BCUT2D eigenvalue weighted by molar-refractivity contribution is -0.000455. The molecule has 0 heterocycles. The minimum absolute atomic E-state index is 0.391. The molecule has 1 unspecified atom stereocenters. The van der Waals surface area contributed by atoms with Crippen LogP contribution in [0, 0.1) is 11.3 Å². The van der Waals surface area contributed by atoms with Crippen LogP contribution in [-0.4, -0.2) is 32.6 Å². The van der Waals surface area contributed by atoms with Crippen molar-refractivity contribution < 1.29 is 22.3 Å². The van der Waals surface area contributed by atoms with E-state index >= 15 is 0 Å². The Morgan fingerprint density at radius 2 is 1.89 bits per heavy atom. The predicted molar refractivity (Wildman–Crippen MR) is 63.8 cm³/mol. The molecule has 104 valence electrons. The van der Waals surface area contributed by atoms with Crippen molar-refractivity contribution in [1.29, 1.82) is 5.26 Å². The Hall–Kier alpha value is -1.56. The minimum Gasteiger partial charge on any atom is -0.386 e. The number of halogens is 2. The molecule has 0 aliphatic carbocycles. The fourth-order valence-electron chi connectivity index (χ4n) is 1.25. The lowest BCUT2D eigenvalue weighted by Gasteiger charge is -2.11. The number of hydrogen-bond donors (Lipinski definition) is 2. The largest absolute Gasteiger partial charge is 0.386 e. The van der Waals surface area contributed by atoms with Crippen LogP contribution in [0.2, 0.25) is 0 Å². The molecule has 8 heteroatoms. The van der Waals surface area contributed by atoms with E-state index in [1.165, 1.54) is 24.3 Å². The van der Waals surface area contributed by atoms with Gasteiger partial charge in [-0.05, 0) is 17.7 Å². The Morgan fingerprint density at radius 1 is 1.32 bits per heavy atom. The molecule has 1 aromatic rings. The third kappa shape index (κ3) is 5.30. The van der Waals surface area contributed by atoms with Crippen LogP contribution in [0.5, 0.6) is 0 Å². The van der Waals surface area contributed by atoms with Gasteiger partial charge in [-0.3, -0.25) is 0 Å². The number of nitriles is 1. The van der Waals surface area contributed by atoms with Gasteiger partial charge in [0.05, 0.1) is 17.4 Å². The number of alkyl halides is 2. The summed E-state index contributed by atoms with van der Waals surface area (Å²) in [6.07, 6.45) is -5.03. The summed E-state index contributed by atoms with van der Waals surface area (Å²) in [6.45, 7) is -0.740. The van der Waals surface area contributed by atoms with E-state index in [1.54, 1.807) is 0 Å². The highest BCUT2D eigenvalue weighted by molar-refractivity contribution is 7.88. The SMILES string of the molecule is N#Cc1ccc(CS(=O)(=O)NCC(O)C(F)F)cc1. The highest BCUT2D eigenvalue weighted by Crippen LogP contribution is 2.07. The van der Waals surface area contributed by atoms with E-state index in [2.05, 4.69) is 0 Å². The third-order valence-corrected chi connectivity index (χ3v) is 3.56. The van der Waals surface area contributed by atoms with Gasteiger partial charge in [0, 0.05) is 6.54 Å². The average Bonchev–Trinajstić information content (AvgIpc) is 2.36. The Bertz CT molecular complexity index is 552. The van der Waals surface area contributed by atoms with Crippen LogP contribution in [0.3, 0.4) is 0 Å². The van der Waals surface area contributed by atoms with Gasteiger partial charge in [0.1, 0.15) is 6.10 Å². The summed E-state index contributed by atoms with van der Waals surface area (Å²) in [5.41, 5.74) is 0.806. The highest BCUT2D eigenvalue weighted by atomic mass is 32.2. The Balaban J connectivity index is 2.61. The van der Waals surface area contributed by atoms with Crippen molar-refractivity contribution in [3.63, 3.8) is 0 Å². The van der Waals surface area contributed by atoms with Gasteiger partial charge in [-0.1, -0.05) is 12.1 Å². The summed E-state index contributed by atoms with van der Waals surface area (Å²) in [6, 6.07) is 7.72. The first-order valence-electron chi connectivity index (χ1n) is 5.26. The van der Waals surface area contributed by atoms with Crippen molar-refractivity contribution in [2.45, 2.75) is 18.3 Å². The van der Waals surface area contributed by atoms with Crippen molar-refractivity contribution in [1.82, 2.24) is 4.72 Å². The molecule has 0 radical (unpaired) electrons. The summed E-state index contributed by atoms with van der Waals surface area (Å²) in [5, 5.41) is 17.4. The molecule has 1 atom stereocenters. The molecule has 1 rings (SSSR count). The van der Waals surface area contributed by atoms with Gasteiger partial charge in [-0.2, -0.15) is 5.26 Å². The fraction of sp³-hybridized carbons (Fsp3) is 0.364. The number of benzene rings is 1. The quantitative estimate of drug-likeness (QED) is 0.803. The molecule has 0 aromatic heterocycles. The summed E-state index contributed by atoms with van der Waals surface area (Å²) in [4.78, 5) is 0. The van der Waals surface area contributed by atoms with E-state index in [1.807, 2.05) is 10.8 Å². The first kappa shape index (κ1) is 15.5.